The van der Waals surface area contributed by atoms with Crippen molar-refractivity contribution in [3.05, 3.63) is 47.8 Å². The molecule has 2 rings (SSSR count). The van der Waals surface area contributed by atoms with Crippen LogP contribution in [-0.4, -0.2) is 14.5 Å². The molecule has 0 atom stereocenters. The number of nitrogens with two attached hydrogens (primary N) is 1. The summed E-state index contributed by atoms with van der Waals surface area (Å²) in [5.41, 5.74) is 8.61. The summed E-state index contributed by atoms with van der Waals surface area (Å²) in [6.45, 7) is 3.21. The third-order valence-electron chi connectivity index (χ3n) is 2.30. The minimum Gasteiger partial charge on any atom is -0.344 e. The summed E-state index contributed by atoms with van der Waals surface area (Å²) in [6, 6.07) is 4.01. The maximum absolute atomic E-state index is 5.62. The molecule has 2 aromatic rings. The fourth-order valence-corrected chi connectivity index (χ4v) is 1.46. The van der Waals surface area contributed by atoms with Gasteiger partial charge in [0, 0.05) is 24.6 Å². The predicted molar refractivity (Wildman–Crippen MR) is 58.2 cm³/mol. The predicted octanol–water partition coefficient (Wildman–Crippen LogP) is 1.09. The Labute approximate surface area is 88.8 Å². The highest BCUT2D eigenvalue weighted by molar-refractivity contribution is 5.10. The van der Waals surface area contributed by atoms with Gasteiger partial charge >= 0.3 is 0 Å². The Morgan fingerprint density at radius 3 is 2.87 bits per heavy atom. The average molecular weight is 202 g/mol. The molecule has 4 heteroatoms. The molecular weight excluding hydrogens is 188 g/mol. The summed E-state index contributed by atoms with van der Waals surface area (Å²) < 4.78 is 2.08. The smallest absolute Gasteiger partial charge is 0.0784 e. The van der Waals surface area contributed by atoms with Crippen LogP contribution in [0.4, 0.5) is 0 Å². The maximum atomic E-state index is 5.62. The Bertz CT molecular complexity index is 430. The number of aryl methyl sites for hydroxylation is 1. The van der Waals surface area contributed by atoms with Crippen molar-refractivity contribution in [2.45, 2.75) is 20.0 Å². The van der Waals surface area contributed by atoms with Gasteiger partial charge in [-0.25, -0.2) is 0 Å². The molecule has 4 nitrogen and oxygen atoms in total. The maximum Gasteiger partial charge on any atom is 0.0784 e. The number of rotatable bonds is 3. The fourth-order valence-electron chi connectivity index (χ4n) is 1.46. The first kappa shape index (κ1) is 9.86. The number of nitrogens with zero attached hydrogens (tertiary/aromatic N) is 3. The average Bonchev–Trinajstić information content (AvgIpc) is 2.69. The van der Waals surface area contributed by atoms with Crippen molar-refractivity contribution in [3.63, 3.8) is 0 Å². The third-order valence-corrected chi connectivity index (χ3v) is 2.30. The van der Waals surface area contributed by atoms with Crippen LogP contribution in [0.3, 0.4) is 0 Å². The zero-order chi connectivity index (χ0) is 10.7. The number of hydrogen-bond acceptors (Lipinski definition) is 3. The van der Waals surface area contributed by atoms with Gasteiger partial charge in [0.2, 0.25) is 0 Å². The molecule has 0 saturated carbocycles. The Balaban J connectivity index is 2.18. The molecule has 78 valence electrons. The summed E-state index contributed by atoms with van der Waals surface area (Å²) >= 11 is 0. The molecule has 2 aromatic heterocycles. The number of aromatic nitrogens is 3. The lowest BCUT2D eigenvalue weighted by molar-refractivity contribution is 0.722. The highest BCUT2D eigenvalue weighted by atomic mass is 15.0. The lowest BCUT2D eigenvalue weighted by Gasteiger charge is -2.06. The van der Waals surface area contributed by atoms with E-state index in [9.17, 15) is 0 Å². The second-order valence-corrected chi connectivity index (χ2v) is 3.48. The molecule has 0 spiro atoms. The van der Waals surface area contributed by atoms with Gasteiger partial charge in [0.1, 0.15) is 0 Å². The van der Waals surface area contributed by atoms with Crippen LogP contribution in [0.2, 0.25) is 0 Å². The van der Waals surface area contributed by atoms with Gasteiger partial charge in [-0.15, -0.1) is 0 Å². The summed E-state index contributed by atoms with van der Waals surface area (Å²) in [6.07, 6.45) is 5.58. The van der Waals surface area contributed by atoms with Gasteiger partial charge in [0.05, 0.1) is 24.1 Å². The number of hydrogen-bond donors (Lipinski definition) is 1. The summed E-state index contributed by atoms with van der Waals surface area (Å²) in [5.74, 6) is 0. The monoisotopic (exact) mass is 202 g/mol. The second kappa shape index (κ2) is 4.23. The van der Waals surface area contributed by atoms with Crippen LogP contribution in [0, 0.1) is 6.92 Å². The van der Waals surface area contributed by atoms with Crippen LogP contribution in [0.1, 0.15) is 17.1 Å². The van der Waals surface area contributed by atoms with E-state index in [1.807, 2.05) is 25.3 Å². The van der Waals surface area contributed by atoms with Gasteiger partial charge < -0.3 is 10.3 Å². The van der Waals surface area contributed by atoms with E-state index in [-0.39, 0.29) is 0 Å². The Morgan fingerprint density at radius 1 is 1.33 bits per heavy atom. The molecule has 0 aliphatic rings. The molecule has 0 saturated heterocycles. The Hall–Kier alpha value is -1.68. The van der Waals surface area contributed by atoms with E-state index in [4.69, 9.17) is 5.73 Å². The molecule has 0 amide bonds. The van der Waals surface area contributed by atoms with Gasteiger partial charge in [-0.05, 0) is 19.1 Å². The lowest BCUT2D eigenvalue weighted by Crippen LogP contribution is -2.08. The molecule has 0 bridgehead atoms. The van der Waals surface area contributed by atoms with Crippen molar-refractivity contribution in [1.29, 1.82) is 0 Å². The zero-order valence-electron chi connectivity index (χ0n) is 8.72. The summed E-state index contributed by atoms with van der Waals surface area (Å²) in [4.78, 5) is 8.51. The van der Waals surface area contributed by atoms with Crippen molar-refractivity contribution in [2.24, 2.45) is 5.73 Å². The van der Waals surface area contributed by atoms with Crippen molar-refractivity contribution in [3.8, 4) is 0 Å². The molecule has 2 N–H and O–H groups in total. The van der Waals surface area contributed by atoms with Crippen LogP contribution >= 0.6 is 0 Å². The van der Waals surface area contributed by atoms with Crippen molar-refractivity contribution in [1.82, 2.24) is 14.5 Å². The summed E-state index contributed by atoms with van der Waals surface area (Å²) in [7, 11) is 0. The first-order valence-corrected chi connectivity index (χ1v) is 4.91. The van der Waals surface area contributed by atoms with E-state index < -0.39 is 0 Å². The van der Waals surface area contributed by atoms with E-state index in [1.54, 1.807) is 12.4 Å². The second-order valence-electron chi connectivity index (χ2n) is 3.48. The molecule has 0 fully saturated rings. The van der Waals surface area contributed by atoms with Gasteiger partial charge in [-0.2, -0.15) is 0 Å². The minimum absolute atomic E-state index is 0.548. The molecule has 2 heterocycles. The highest BCUT2D eigenvalue weighted by Gasteiger charge is 2.00. The molecule has 0 unspecified atom stereocenters. The summed E-state index contributed by atoms with van der Waals surface area (Å²) in [5, 5.41) is 0. The Kier molecular flexibility index (Phi) is 2.78. The van der Waals surface area contributed by atoms with E-state index in [1.165, 1.54) is 0 Å². The highest BCUT2D eigenvalue weighted by Crippen LogP contribution is 2.04. The van der Waals surface area contributed by atoms with E-state index in [0.717, 1.165) is 23.6 Å². The minimum atomic E-state index is 0.548. The van der Waals surface area contributed by atoms with E-state index in [0.29, 0.717) is 6.54 Å². The van der Waals surface area contributed by atoms with E-state index in [2.05, 4.69) is 14.5 Å². The SMILES string of the molecule is Cc1cnc(Cn2cccc2CN)cn1. The van der Waals surface area contributed by atoms with Gasteiger partial charge in [-0.3, -0.25) is 9.97 Å². The van der Waals surface area contributed by atoms with Crippen molar-refractivity contribution in [2.75, 3.05) is 0 Å². The topological polar surface area (TPSA) is 56.7 Å². The molecule has 0 aliphatic heterocycles. The molecule has 15 heavy (non-hydrogen) atoms. The van der Waals surface area contributed by atoms with Gasteiger partial charge in [0.25, 0.3) is 0 Å². The van der Waals surface area contributed by atoms with Crippen LogP contribution in [0.25, 0.3) is 0 Å². The molecule has 0 aliphatic carbocycles. The standard InChI is InChI=1S/C11H14N4/c1-9-6-14-10(7-13-9)8-15-4-2-3-11(15)5-12/h2-4,6-7H,5,8,12H2,1H3. The van der Waals surface area contributed by atoms with Crippen LogP contribution in [-0.2, 0) is 13.1 Å². The quantitative estimate of drug-likeness (QED) is 0.810. The van der Waals surface area contributed by atoms with Crippen LogP contribution in [0.15, 0.2) is 30.7 Å². The van der Waals surface area contributed by atoms with E-state index >= 15 is 0 Å². The fraction of sp³-hybridized carbons (Fsp3) is 0.273. The lowest BCUT2D eigenvalue weighted by atomic mass is 10.4. The van der Waals surface area contributed by atoms with Gasteiger partial charge in [0.15, 0.2) is 0 Å². The van der Waals surface area contributed by atoms with Crippen molar-refractivity contribution < 1.29 is 0 Å². The zero-order valence-corrected chi connectivity index (χ0v) is 8.72. The molecule has 0 radical (unpaired) electrons. The normalized spacial score (nSPS) is 10.5. The van der Waals surface area contributed by atoms with Crippen LogP contribution < -0.4 is 5.73 Å². The molecule has 0 aromatic carbocycles. The first-order chi connectivity index (χ1) is 7.29. The van der Waals surface area contributed by atoms with Crippen molar-refractivity contribution >= 4 is 0 Å². The largest absolute Gasteiger partial charge is 0.344 e. The molecular formula is C11H14N4. The Morgan fingerprint density at radius 2 is 2.20 bits per heavy atom. The van der Waals surface area contributed by atoms with Gasteiger partial charge in [-0.1, -0.05) is 0 Å². The third kappa shape index (κ3) is 2.22. The van der Waals surface area contributed by atoms with Crippen LogP contribution in [0.5, 0.6) is 0 Å². The first-order valence-electron chi connectivity index (χ1n) is 4.91.